The van der Waals surface area contributed by atoms with Gasteiger partial charge in [-0.15, -0.1) is 0 Å². The Labute approximate surface area is 356 Å². The topological polar surface area (TPSA) is 42.7 Å². The maximum Gasteiger partial charge on any atom is 0.143 e. The van der Waals surface area contributed by atoms with E-state index in [9.17, 15) is 0 Å². The van der Waals surface area contributed by atoms with E-state index in [0.29, 0.717) is 0 Å². The van der Waals surface area contributed by atoms with Crippen LogP contribution in [0.4, 0.5) is 17.1 Å². The fraction of sp³-hybridized carbons (Fsp3) is 0. The average molecular weight is 794 g/mol. The van der Waals surface area contributed by atoms with Crippen LogP contribution in [0.15, 0.2) is 226 Å². The molecule has 0 aliphatic rings. The molecule has 0 aliphatic carbocycles. The fourth-order valence-electron chi connectivity index (χ4n) is 9.59. The van der Waals surface area contributed by atoms with Crippen LogP contribution in [0.1, 0.15) is 0 Å². The minimum Gasteiger partial charge on any atom is -0.456 e. The molecule has 0 N–H and O–H groups in total. The van der Waals surface area contributed by atoms with E-state index in [-0.39, 0.29) is 0 Å². The van der Waals surface area contributed by atoms with Crippen LogP contribution in [0.25, 0.3) is 110 Å². The third-order valence-corrected chi connectivity index (χ3v) is 12.5. The first kappa shape index (κ1) is 34.5. The van der Waals surface area contributed by atoms with E-state index < -0.39 is 0 Å². The van der Waals surface area contributed by atoms with Gasteiger partial charge in [-0.3, -0.25) is 0 Å². The van der Waals surface area contributed by atoms with E-state index in [2.05, 4.69) is 193 Å². The number of hydrogen-bond donors (Lipinski definition) is 0. The minimum absolute atomic E-state index is 0.863. The third-order valence-electron chi connectivity index (χ3n) is 12.5. The van der Waals surface area contributed by atoms with Gasteiger partial charge < -0.3 is 18.2 Å². The van der Waals surface area contributed by atoms with E-state index in [0.717, 1.165) is 122 Å². The predicted octanol–water partition coefficient (Wildman–Crippen LogP) is 17.0. The highest BCUT2D eigenvalue weighted by atomic mass is 16.3. The fourth-order valence-corrected chi connectivity index (χ4v) is 9.59. The molecule has 62 heavy (non-hydrogen) atoms. The molecule has 13 aromatic rings. The summed E-state index contributed by atoms with van der Waals surface area (Å²) < 4.78 is 19.5. The quantitative estimate of drug-likeness (QED) is 0.168. The standard InChI is InChI=1S/C58H35NO3/c1-2-13-39-35-55-50(34-38(39)12-1)56-47(19-11-25-54(56)60-55)44-14-3-6-22-51(44)59(40-30-26-36(27-31-40)42-17-9-20-48-45-15-4-7-23-52(45)61-57(42)48)41-32-28-37(29-33-41)43-18-10-21-49-46-16-5-8-24-53(46)62-58(43)49/h1-35H. The summed E-state index contributed by atoms with van der Waals surface area (Å²) in [5, 5.41) is 9.02. The van der Waals surface area contributed by atoms with Crippen molar-refractivity contribution in [3.05, 3.63) is 212 Å². The van der Waals surface area contributed by atoms with Crippen molar-refractivity contribution >= 4 is 93.7 Å². The van der Waals surface area contributed by atoms with Crippen molar-refractivity contribution in [1.29, 1.82) is 0 Å². The second-order valence-electron chi connectivity index (χ2n) is 16.0. The van der Waals surface area contributed by atoms with Crippen molar-refractivity contribution in [2.75, 3.05) is 4.90 Å². The number of anilines is 3. The zero-order chi connectivity index (χ0) is 40.7. The lowest BCUT2D eigenvalue weighted by molar-refractivity contribution is 0.669. The molecule has 0 atom stereocenters. The Morgan fingerprint density at radius 1 is 0.290 bits per heavy atom. The van der Waals surface area contributed by atoms with Gasteiger partial charge in [-0.05, 0) is 88.1 Å². The number of benzene rings is 10. The van der Waals surface area contributed by atoms with Gasteiger partial charge >= 0.3 is 0 Å². The lowest BCUT2D eigenvalue weighted by Gasteiger charge is -2.28. The van der Waals surface area contributed by atoms with E-state index in [1.54, 1.807) is 0 Å². The Kier molecular flexibility index (Phi) is 7.57. The van der Waals surface area contributed by atoms with Gasteiger partial charge in [-0.25, -0.2) is 0 Å². The second-order valence-corrected chi connectivity index (χ2v) is 16.0. The molecule has 3 heterocycles. The Hall–Kier alpha value is -8.34. The molecule has 0 saturated carbocycles. The van der Waals surface area contributed by atoms with Gasteiger partial charge in [0.2, 0.25) is 0 Å². The van der Waals surface area contributed by atoms with Crippen molar-refractivity contribution in [2.45, 2.75) is 0 Å². The van der Waals surface area contributed by atoms with Crippen LogP contribution in [0.5, 0.6) is 0 Å². The first-order chi connectivity index (χ1) is 30.7. The number of furan rings is 3. The molecule has 0 aliphatic heterocycles. The normalized spacial score (nSPS) is 11.9. The van der Waals surface area contributed by atoms with Gasteiger partial charge in [-0.1, -0.05) is 152 Å². The van der Waals surface area contributed by atoms with E-state index in [4.69, 9.17) is 13.3 Å². The summed E-state index contributed by atoms with van der Waals surface area (Å²) in [7, 11) is 0. The van der Waals surface area contributed by atoms with Crippen molar-refractivity contribution in [3.63, 3.8) is 0 Å². The van der Waals surface area contributed by atoms with Crippen LogP contribution in [0, 0.1) is 0 Å². The van der Waals surface area contributed by atoms with Crippen LogP contribution >= 0.6 is 0 Å². The zero-order valence-electron chi connectivity index (χ0n) is 33.4. The first-order valence-electron chi connectivity index (χ1n) is 21.0. The van der Waals surface area contributed by atoms with Crippen LogP contribution in [0.3, 0.4) is 0 Å². The Morgan fingerprint density at radius 3 is 1.39 bits per heavy atom. The molecule has 0 unspecified atom stereocenters. The summed E-state index contributed by atoms with van der Waals surface area (Å²) in [6.07, 6.45) is 0. The molecule has 0 bridgehead atoms. The lowest BCUT2D eigenvalue weighted by atomic mass is 9.95. The van der Waals surface area contributed by atoms with E-state index >= 15 is 0 Å². The maximum atomic E-state index is 6.57. The van der Waals surface area contributed by atoms with Gasteiger partial charge in [0.05, 0.1) is 5.69 Å². The molecule has 0 amide bonds. The van der Waals surface area contributed by atoms with E-state index in [1.165, 1.54) is 5.39 Å². The molecule has 0 saturated heterocycles. The Bertz CT molecular complexity index is 3710. The summed E-state index contributed by atoms with van der Waals surface area (Å²) in [6.45, 7) is 0. The molecule has 0 radical (unpaired) electrons. The zero-order valence-corrected chi connectivity index (χ0v) is 33.4. The number of fused-ring (bicyclic) bond motifs is 10. The molecule has 0 spiro atoms. The number of para-hydroxylation sites is 5. The molecule has 4 nitrogen and oxygen atoms in total. The van der Waals surface area contributed by atoms with Gasteiger partial charge in [0.25, 0.3) is 0 Å². The number of nitrogens with zero attached hydrogens (tertiary/aromatic N) is 1. The Morgan fingerprint density at radius 2 is 0.758 bits per heavy atom. The summed E-state index contributed by atoms with van der Waals surface area (Å²) in [4.78, 5) is 2.36. The van der Waals surface area contributed by atoms with Gasteiger partial charge in [0.15, 0.2) is 0 Å². The number of hydrogen-bond acceptors (Lipinski definition) is 4. The van der Waals surface area contributed by atoms with Crippen molar-refractivity contribution in [1.82, 2.24) is 0 Å². The van der Waals surface area contributed by atoms with Crippen molar-refractivity contribution < 1.29 is 13.3 Å². The number of rotatable bonds is 6. The molecular formula is C58H35NO3. The third kappa shape index (κ3) is 5.33. The van der Waals surface area contributed by atoms with E-state index in [1.807, 2.05) is 24.3 Å². The highest BCUT2D eigenvalue weighted by molar-refractivity contribution is 6.17. The molecule has 10 aromatic carbocycles. The summed E-state index contributed by atoms with van der Waals surface area (Å²) >= 11 is 0. The summed E-state index contributed by atoms with van der Waals surface area (Å²) in [6, 6.07) is 75.0. The molecule has 13 rings (SSSR count). The average Bonchev–Trinajstić information content (AvgIpc) is 4.03. The smallest absolute Gasteiger partial charge is 0.143 e. The van der Waals surface area contributed by atoms with Crippen LogP contribution in [0.2, 0.25) is 0 Å². The van der Waals surface area contributed by atoms with Gasteiger partial charge in [-0.2, -0.15) is 0 Å². The Balaban J connectivity index is 0.985. The molecule has 290 valence electrons. The molecular weight excluding hydrogens is 759 g/mol. The summed E-state index contributed by atoms with van der Waals surface area (Å²) in [5.41, 5.74) is 14.9. The summed E-state index contributed by atoms with van der Waals surface area (Å²) in [5.74, 6) is 0. The predicted molar refractivity (Wildman–Crippen MR) is 257 cm³/mol. The van der Waals surface area contributed by atoms with Crippen LogP contribution in [-0.4, -0.2) is 0 Å². The lowest BCUT2D eigenvalue weighted by Crippen LogP contribution is -2.11. The van der Waals surface area contributed by atoms with Crippen molar-refractivity contribution in [3.8, 4) is 33.4 Å². The maximum absolute atomic E-state index is 6.57. The highest BCUT2D eigenvalue weighted by Gasteiger charge is 2.22. The van der Waals surface area contributed by atoms with Crippen LogP contribution < -0.4 is 4.90 Å². The monoisotopic (exact) mass is 793 g/mol. The molecule has 0 fully saturated rings. The first-order valence-corrected chi connectivity index (χ1v) is 21.0. The molecule has 3 aromatic heterocycles. The largest absolute Gasteiger partial charge is 0.456 e. The highest BCUT2D eigenvalue weighted by Crippen LogP contribution is 2.46. The SMILES string of the molecule is c1ccc(N(c2ccc(-c3cccc4c3oc3ccccc34)cc2)c2ccc(-c3cccc4c3oc3ccccc34)cc2)c(-c2cccc3oc4cc5ccccc5cc4c23)c1. The van der Waals surface area contributed by atoms with Gasteiger partial charge in [0.1, 0.15) is 33.5 Å². The minimum atomic E-state index is 0.863. The van der Waals surface area contributed by atoms with Gasteiger partial charge in [0, 0.05) is 60.4 Å². The second kappa shape index (κ2) is 13.6. The van der Waals surface area contributed by atoms with Crippen LogP contribution in [-0.2, 0) is 0 Å². The van der Waals surface area contributed by atoms with Crippen molar-refractivity contribution in [2.24, 2.45) is 0 Å². The molecule has 4 heteroatoms.